The van der Waals surface area contributed by atoms with Gasteiger partial charge in [-0.3, -0.25) is 28.8 Å². The number of unbranched alkanes of at least 4 members (excludes halogenated alkanes) is 4. The molecule has 3 aliphatic heterocycles. The number of rotatable bonds is 21. The second kappa shape index (κ2) is 20.1. The number of nitrogens with one attached hydrogen (secondary N) is 2. The Morgan fingerprint density at radius 2 is 1.66 bits per heavy atom. The molecule has 3 N–H and O–H groups in total. The van der Waals surface area contributed by atoms with Crippen molar-refractivity contribution < 1.29 is 52.9 Å². The van der Waals surface area contributed by atoms with Gasteiger partial charge in [0.15, 0.2) is 11.8 Å². The number of nitrogens with zero attached hydrogens (tertiary/aromatic N) is 2. The molecular weight excluding hydrogens is 761 g/mol. The molecule has 0 spiro atoms. The van der Waals surface area contributed by atoms with E-state index in [1.54, 1.807) is 40.9 Å². The van der Waals surface area contributed by atoms with Gasteiger partial charge < -0.3 is 39.6 Å². The zero-order valence-corrected chi connectivity index (χ0v) is 36.0. The van der Waals surface area contributed by atoms with Gasteiger partial charge >= 0.3 is 11.9 Å². The van der Waals surface area contributed by atoms with Crippen molar-refractivity contribution in [2.24, 2.45) is 5.41 Å². The number of amides is 3. The van der Waals surface area contributed by atoms with Crippen molar-refractivity contribution in [3.8, 4) is 0 Å². The molecule has 5 rings (SSSR count). The molecule has 1 saturated carbocycles. The van der Waals surface area contributed by atoms with Gasteiger partial charge in [-0.25, -0.2) is 0 Å². The highest BCUT2D eigenvalue weighted by Gasteiger charge is 2.76. The predicted molar refractivity (Wildman–Crippen MR) is 218 cm³/mol. The molecule has 7 atom stereocenters. The van der Waals surface area contributed by atoms with Crippen LogP contribution in [0.4, 0.5) is 0 Å². The quantitative estimate of drug-likeness (QED) is 0.0908. The number of carbonyl (C=O) groups is 5. The van der Waals surface area contributed by atoms with E-state index in [9.17, 15) is 29.1 Å². The summed E-state index contributed by atoms with van der Waals surface area (Å²) in [5, 5.41) is 17.1. The zero-order chi connectivity index (χ0) is 43.0. The minimum atomic E-state index is -1.42. The molecule has 4 fully saturated rings. The van der Waals surface area contributed by atoms with Gasteiger partial charge in [0.05, 0.1) is 19.2 Å². The first-order valence-corrected chi connectivity index (χ1v) is 21.4. The standard InChI is InChI=1S/C44H66N4O11/c1-8-10-12-23-43(24-13-11-9-2)57-36-32-26-44(41(54)45-25-22-33(50)46-31(28-49)19-21-35(52)56-42(3,4)5)38(40(53)55-32)48(59-39(44)37(36)58-43)27-30-16-14-29(15-17-30)18-20-34(51)47(6)7/h14-18,20,31-32,36-39,49H,8-13,19,21-28H2,1-7H3,(H,45,54)(H,46,50)/t31-,32+,36-,37-,38-,39+,44-/m0/s1. The van der Waals surface area contributed by atoms with Gasteiger partial charge in [-0.1, -0.05) is 63.8 Å². The molecule has 3 heterocycles. The Kier molecular flexibility index (Phi) is 15.7. The van der Waals surface area contributed by atoms with Gasteiger partial charge in [0.1, 0.15) is 35.4 Å². The number of fused-ring (bicyclic) bond motifs is 4. The molecule has 328 valence electrons. The van der Waals surface area contributed by atoms with Crippen molar-refractivity contribution in [3.63, 3.8) is 0 Å². The van der Waals surface area contributed by atoms with E-state index in [4.69, 9.17) is 23.8 Å². The summed E-state index contributed by atoms with van der Waals surface area (Å²) in [5.41, 5.74) is -0.444. The number of hydrogen-bond acceptors (Lipinski definition) is 12. The number of ether oxygens (including phenoxy) is 4. The van der Waals surface area contributed by atoms with E-state index in [0.29, 0.717) is 12.8 Å². The van der Waals surface area contributed by atoms with Crippen LogP contribution in [0.25, 0.3) is 6.08 Å². The molecule has 1 aromatic carbocycles. The molecule has 15 nitrogen and oxygen atoms in total. The van der Waals surface area contributed by atoms with Crippen LogP contribution in [0.5, 0.6) is 0 Å². The van der Waals surface area contributed by atoms with Crippen LogP contribution in [0.2, 0.25) is 0 Å². The van der Waals surface area contributed by atoms with Crippen molar-refractivity contribution >= 4 is 35.7 Å². The largest absolute Gasteiger partial charge is 0.460 e. The maximum absolute atomic E-state index is 14.7. The summed E-state index contributed by atoms with van der Waals surface area (Å²) in [5.74, 6) is -2.93. The van der Waals surface area contributed by atoms with Crippen LogP contribution >= 0.6 is 0 Å². The van der Waals surface area contributed by atoms with Gasteiger partial charge in [0.25, 0.3) is 0 Å². The molecule has 3 saturated heterocycles. The van der Waals surface area contributed by atoms with Crippen LogP contribution < -0.4 is 10.6 Å². The highest BCUT2D eigenvalue weighted by Crippen LogP contribution is 2.58. The Morgan fingerprint density at radius 1 is 1.00 bits per heavy atom. The number of aliphatic hydroxyl groups is 1. The van der Waals surface area contributed by atoms with E-state index < -0.39 is 77.1 Å². The van der Waals surface area contributed by atoms with E-state index in [0.717, 1.165) is 49.7 Å². The third-order valence-corrected chi connectivity index (χ3v) is 11.5. The van der Waals surface area contributed by atoms with E-state index in [2.05, 4.69) is 24.5 Å². The third-order valence-electron chi connectivity index (χ3n) is 11.5. The Morgan fingerprint density at radius 3 is 2.27 bits per heavy atom. The van der Waals surface area contributed by atoms with Crippen molar-refractivity contribution in [2.75, 3.05) is 27.2 Å². The fraction of sp³-hybridized carbons (Fsp3) is 0.705. The van der Waals surface area contributed by atoms with Crippen LogP contribution in [-0.4, -0.2) is 120 Å². The van der Waals surface area contributed by atoms with Crippen molar-refractivity contribution in [1.29, 1.82) is 0 Å². The van der Waals surface area contributed by atoms with Crippen LogP contribution in [0.15, 0.2) is 30.3 Å². The van der Waals surface area contributed by atoms with Crippen LogP contribution in [0.1, 0.15) is 123 Å². The van der Waals surface area contributed by atoms with Crippen LogP contribution in [0.3, 0.4) is 0 Å². The molecule has 2 bridgehead atoms. The highest BCUT2D eigenvalue weighted by atomic mass is 16.8. The predicted octanol–water partition coefficient (Wildman–Crippen LogP) is 4.33. The second-order valence-corrected chi connectivity index (χ2v) is 17.6. The summed E-state index contributed by atoms with van der Waals surface area (Å²) >= 11 is 0. The highest BCUT2D eigenvalue weighted by molar-refractivity contribution is 5.94. The van der Waals surface area contributed by atoms with E-state index in [-0.39, 0.29) is 51.3 Å². The summed E-state index contributed by atoms with van der Waals surface area (Å²) in [7, 11) is 3.36. The number of benzene rings is 1. The summed E-state index contributed by atoms with van der Waals surface area (Å²) in [4.78, 5) is 74.4. The van der Waals surface area contributed by atoms with Crippen molar-refractivity contribution in [2.45, 2.75) is 166 Å². The van der Waals surface area contributed by atoms with Crippen LogP contribution in [0, 0.1) is 5.41 Å². The molecule has 0 radical (unpaired) electrons. The maximum Gasteiger partial charge on any atom is 0.327 e. The molecule has 3 amide bonds. The topological polar surface area (TPSA) is 182 Å². The summed E-state index contributed by atoms with van der Waals surface area (Å²) in [6, 6.07) is 5.71. The van der Waals surface area contributed by atoms with Gasteiger partial charge in [0.2, 0.25) is 17.7 Å². The molecule has 4 aliphatic rings. The third kappa shape index (κ3) is 11.3. The molecule has 59 heavy (non-hydrogen) atoms. The van der Waals surface area contributed by atoms with Crippen molar-refractivity contribution in [1.82, 2.24) is 20.6 Å². The molecule has 0 aromatic heterocycles. The van der Waals surface area contributed by atoms with Gasteiger partial charge in [-0.05, 0) is 57.2 Å². The first kappa shape index (κ1) is 46.2. The fourth-order valence-corrected chi connectivity index (χ4v) is 8.58. The Hall–Kier alpha value is -3.89. The van der Waals surface area contributed by atoms with Crippen molar-refractivity contribution in [3.05, 3.63) is 41.5 Å². The normalized spacial score (nSPS) is 26.2. The van der Waals surface area contributed by atoms with Gasteiger partial charge in [0, 0.05) is 58.8 Å². The monoisotopic (exact) mass is 826 g/mol. The molecule has 1 aliphatic carbocycles. The lowest BCUT2D eigenvalue weighted by Crippen LogP contribution is -2.69. The SMILES string of the molecule is CCCCCC1(CCCCC)O[C@@H]2[C@H](O1)[C@H]1ON(Cc3ccc(C=CC(=O)N(C)C)cc3)[C@H]3C(=O)O[C@@H]2C[C@@]13C(=O)NCCC(=O)N[C@H](CO)CCC(=O)OC(C)(C)C. The van der Waals surface area contributed by atoms with Crippen LogP contribution in [-0.2, 0) is 54.3 Å². The number of esters is 2. The fourth-order valence-electron chi connectivity index (χ4n) is 8.58. The lowest BCUT2D eigenvalue weighted by molar-refractivity contribution is -0.224. The minimum Gasteiger partial charge on any atom is -0.460 e. The average molecular weight is 827 g/mol. The molecular formula is C44H66N4O11. The lowest BCUT2D eigenvalue weighted by atomic mass is 9.62. The maximum atomic E-state index is 14.7. The second-order valence-electron chi connectivity index (χ2n) is 17.6. The average Bonchev–Trinajstić information content (AvgIpc) is 3.73. The number of carbonyl (C=O) groups excluding carboxylic acids is 5. The molecule has 15 heteroatoms. The smallest absolute Gasteiger partial charge is 0.327 e. The Labute approximate surface area is 348 Å². The van der Waals surface area contributed by atoms with Gasteiger partial charge in [-0.15, -0.1) is 0 Å². The zero-order valence-electron chi connectivity index (χ0n) is 36.0. The number of likely N-dealkylation sites (N-methyl/N-ethyl adjacent to an activating group) is 1. The molecule has 1 aromatic rings. The van der Waals surface area contributed by atoms with Gasteiger partial charge in [-0.2, -0.15) is 5.06 Å². The summed E-state index contributed by atoms with van der Waals surface area (Å²) < 4.78 is 25.3. The Bertz CT molecular complexity index is 1650. The number of aliphatic hydroxyl groups excluding tert-OH is 1. The van der Waals surface area contributed by atoms with E-state index in [1.807, 2.05) is 24.3 Å². The number of hydroxylamine groups is 2. The summed E-state index contributed by atoms with van der Waals surface area (Å²) in [6.07, 6.45) is 7.69. The summed E-state index contributed by atoms with van der Waals surface area (Å²) in [6.45, 7) is 9.32. The first-order chi connectivity index (χ1) is 28.0. The Balaban J connectivity index is 1.35. The van der Waals surface area contributed by atoms with E-state index in [1.165, 1.54) is 16.0 Å². The number of hydrogen-bond donors (Lipinski definition) is 3. The lowest BCUT2D eigenvalue weighted by Gasteiger charge is -2.48. The molecule has 0 unspecified atom stereocenters. The van der Waals surface area contributed by atoms with E-state index >= 15 is 0 Å². The first-order valence-electron chi connectivity index (χ1n) is 21.4. The minimum absolute atomic E-state index is 0.0178.